The molecule has 0 amide bonds. The standard InChI is InChI=1S/C8H7N2OS.3C4H9.Sn/c1-5-3-4-12-7(5)8-10-9-6(2)11-8;3*1-3-4-2;/h3H,1-2H3;3*1,3-4H2,2H3;. The summed E-state index contributed by atoms with van der Waals surface area (Å²) in [5.41, 5.74) is 1.33. The minimum absolute atomic E-state index is 0.655. The van der Waals surface area contributed by atoms with Gasteiger partial charge in [0.2, 0.25) is 0 Å². The van der Waals surface area contributed by atoms with Crippen molar-refractivity contribution in [3.8, 4) is 10.8 Å². The van der Waals surface area contributed by atoms with Crippen LogP contribution in [0.5, 0.6) is 0 Å². The number of hydrogen-bond donors (Lipinski definition) is 0. The second-order valence-corrected chi connectivity index (χ2v) is 22.6. The summed E-state index contributed by atoms with van der Waals surface area (Å²) >= 11 is -0.366. The first-order chi connectivity index (χ1) is 12.1. The van der Waals surface area contributed by atoms with Crippen LogP contribution in [0.15, 0.2) is 10.5 Å². The van der Waals surface area contributed by atoms with Crippen LogP contribution in [0.1, 0.15) is 70.8 Å². The first-order valence-corrected chi connectivity index (χ1v) is 18.3. The first-order valence-electron chi connectivity index (χ1n) is 9.97. The Labute approximate surface area is 161 Å². The van der Waals surface area contributed by atoms with E-state index in [1.807, 2.05) is 18.3 Å². The van der Waals surface area contributed by atoms with E-state index in [0.717, 1.165) is 0 Å². The monoisotopic (exact) mass is 470 g/mol. The Morgan fingerprint density at radius 2 is 1.48 bits per heavy atom. The van der Waals surface area contributed by atoms with Crippen LogP contribution in [-0.2, 0) is 0 Å². The molecule has 140 valence electrons. The van der Waals surface area contributed by atoms with Crippen molar-refractivity contribution in [2.45, 2.75) is 86.5 Å². The van der Waals surface area contributed by atoms with Crippen molar-refractivity contribution in [1.82, 2.24) is 10.2 Å². The van der Waals surface area contributed by atoms with Crippen LogP contribution in [0.25, 0.3) is 10.8 Å². The number of thiophene rings is 1. The topological polar surface area (TPSA) is 38.9 Å². The number of hydrogen-bond acceptors (Lipinski definition) is 4. The molecule has 25 heavy (non-hydrogen) atoms. The summed E-state index contributed by atoms with van der Waals surface area (Å²) in [6.07, 6.45) is 8.14. The molecule has 0 saturated heterocycles. The molecule has 0 aliphatic carbocycles. The number of aromatic nitrogens is 2. The Bertz CT molecular complexity index is 628. The van der Waals surface area contributed by atoms with Gasteiger partial charge in [0, 0.05) is 0 Å². The number of aryl methyl sites for hydroxylation is 2. The molecule has 0 bridgehead atoms. The van der Waals surface area contributed by atoms with Gasteiger partial charge in [-0.25, -0.2) is 0 Å². The fourth-order valence-corrected chi connectivity index (χ4v) is 24.0. The molecule has 0 aromatic carbocycles. The molecule has 0 aliphatic rings. The molecular formula is C20H34N2OSSn. The van der Waals surface area contributed by atoms with Gasteiger partial charge in [0.25, 0.3) is 0 Å². The van der Waals surface area contributed by atoms with Crippen LogP contribution in [0.3, 0.4) is 0 Å². The van der Waals surface area contributed by atoms with E-state index in [1.54, 1.807) is 2.89 Å². The Balaban J connectivity index is 2.40. The molecule has 0 fully saturated rings. The van der Waals surface area contributed by atoms with Gasteiger partial charge < -0.3 is 0 Å². The van der Waals surface area contributed by atoms with Crippen molar-refractivity contribution >= 4 is 32.6 Å². The van der Waals surface area contributed by atoms with Gasteiger partial charge in [-0.2, -0.15) is 0 Å². The average Bonchev–Trinajstić information content (AvgIpc) is 3.20. The van der Waals surface area contributed by atoms with Crippen molar-refractivity contribution in [2.24, 2.45) is 0 Å². The Morgan fingerprint density at radius 1 is 0.920 bits per heavy atom. The molecule has 0 atom stereocenters. The van der Waals surface area contributed by atoms with Crippen LogP contribution < -0.4 is 2.89 Å². The molecule has 2 rings (SSSR count). The molecule has 3 nitrogen and oxygen atoms in total. The van der Waals surface area contributed by atoms with Gasteiger partial charge in [0.05, 0.1) is 0 Å². The van der Waals surface area contributed by atoms with E-state index in [9.17, 15) is 0 Å². The van der Waals surface area contributed by atoms with Crippen molar-refractivity contribution in [3.05, 3.63) is 17.5 Å². The van der Waals surface area contributed by atoms with Gasteiger partial charge >= 0.3 is 162 Å². The fraction of sp³-hybridized carbons (Fsp3) is 0.700. The SMILES string of the molecule is CCC[CH2][Sn]([CH2]CCC)([CH2]CCC)[c]1cc(C)c(-c2nnc(C)o2)s1. The summed E-state index contributed by atoms with van der Waals surface area (Å²) < 4.78 is 12.0. The summed E-state index contributed by atoms with van der Waals surface area (Å²) in [7, 11) is 0. The van der Waals surface area contributed by atoms with Gasteiger partial charge in [-0.1, -0.05) is 0 Å². The molecule has 0 unspecified atom stereocenters. The molecule has 2 aromatic heterocycles. The van der Waals surface area contributed by atoms with Crippen molar-refractivity contribution in [3.63, 3.8) is 0 Å². The maximum absolute atomic E-state index is 5.73. The molecular weight excluding hydrogens is 435 g/mol. The van der Waals surface area contributed by atoms with Crippen LogP contribution >= 0.6 is 11.3 Å². The Hall–Kier alpha value is -0.361. The summed E-state index contributed by atoms with van der Waals surface area (Å²) in [5, 5.41) is 8.31. The number of nitrogens with zero attached hydrogens (tertiary/aromatic N) is 2. The van der Waals surface area contributed by atoms with Gasteiger partial charge in [0.15, 0.2) is 0 Å². The predicted molar refractivity (Wildman–Crippen MR) is 112 cm³/mol. The van der Waals surface area contributed by atoms with E-state index >= 15 is 0 Å². The molecule has 0 N–H and O–H groups in total. The second kappa shape index (κ2) is 10.1. The number of rotatable bonds is 11. The van der Waals surface area contributed by atoms with Gasteiger partial charge in [-0.05, 0) is 0 Å². The maximum atomic E-state index is 5.73. The molecule has 0 aliphatic heterocycles. The third-order valence-corrected chi connectivity index (χ3v) is 24.6. The average molecular weight is 469 g/mol. The van der Waals surface area contributed by atoms with E-state index in [-0.39, 0.29) is 0 Å². The van der Waals surface area contributed by atoms with E-state index in [1.165, 1.54) is 62.3 Å². The number of unbranched alkanes of at least 4 members (excludes halogenated alkanes) is 3. The van der Waals surface area contributed by atoms with Crippen LogP contribution in [-0.4, -0.2) is 28.6 Å². The van der Waals surface area contributed by atoms with E-state index in [2.05, 4.69) is 44.0 Å². The van der Waals surface area contributed by atoms with E-state index < -0.39 is 18.4 Å². The fourth-order valence-electron chi connectivity index (χ4n) is 3.63. The second-order valence-electron chi connectivity index (χ2n) is 7.34. The van der Waals surface area contributed by atoms with E-state index in [4.69, 9.17) is 4.42 Å². The molecule has 5 heteroatoms. The van der Waals surface area contributed by atoms with Crippen LogP contribution in [0, 0.1) is 13.8 Å². The molecule has 0 spiro atoms. The summed E-state index contributed by atoms with van der Waals surface area (Å²) in [6, 6.07) is 2.50. The van der Waals surface area contributed by atoms with Gasteiger partial charge in [0.1, 0.15) is 0 Å². The summed E-state index contributed by atoms with van der Waals surface area (Å²) in [4.78, 5) is 1.21. The predicted octanol–water partition coefficient (Wildman–Crippen LogP) is 6.47. The van der Waals surface area contributed by atoms with Crippen molar-refractivity contribution in [1.29, 1.82) is 0 Å². The van der Waals surface area contributed by atoms with Crippen LogP contribution in [0.2, 0.25) is 13.3 Å². The van der Waals surface area contributed by atoms with Crippen LogP contribution in [0.4, 0.5) is 0 Å². The van der Waals surface area contributed by atoms with E-state index in [0.29, 0.717) is 11.8 Å². The third kappa shape index (κ3) is 5.31. The van der Waals surface area contributed by atoms with Gasteiger partial charge in [-0.15, -0.1) is 0 Å². The zero-order chi connectivity index (χ0) is 18.3. The zero-order valence-corrected chi connectivity index (χ0v) is 20.3. The molecule has 0 saturated carbocycles. The van der Waals surface area contributed by atoms with Gasteiger partial charge in [-0.3, -0.25) is 0 Å². The molecule has 0 radical (unpaired) electrons. The Kier molecular flexibility index (Phi) is 8.46. The summed E-state index contributed by atoms with van der Waals surface area (Å²) in [5.74, 6) is 1.37. The minimum atomic E-state index is -2.35. The van der Waals surface area contributed by atoms with Crippen molar-refractivity contribution in [2.75, 3.05) is 0 Å². The zero-order valence-electron chi connectivity index (χ0n) is 16.7. The summed E-state index contributed by atoms with van der Waals surface area (Å²) in [6.45, 7) is 11.1. The first kappa shape index (κ1) is 20.9. The molecule has 2 heterocycles. The third-order valence-electron chi connectivity index (χ3n) is 5.19. The Morgan fingerprint density at radius 3 is 1.92 bits per heavy atom. The normalized spacial score (nSPS) is 12.0. The molecule has 2 aromatic rings. The quantitative estimate of drug-likeness (QED) is 0.354. The van der Waals surface area contributed by atoms with Crippen molar-refractivity contribution < 1.29 is 4.42 Å².